The molecule has 2 aromatic carbocycles. The quantitative estimate of drug-likeness (QED) is 0.746. The Labute approximate surface area is 133 Å². The highest BCUT2D eigenvalue weighted by Crippen LogP contribution is 2.32. The Kier molecular flexibility index (Phi) is 5.32. The van der Waals surface area contributed by atoms with Crippen LogP contribution in [0.5, 0.6) is 5.75 Å². The van der Waals surface area contributed by atoms with E-state index in [0.717, 1.165) is 15.9 Å². The number of hydrogen-bond donors (Lipinski definition) is 1. The van der Waals surface area contributed by atoms with Gasteiger partial charge in [-0.05, 0) is 43.7 Å². The smallest absolute Gasteiger partial charge is 0.142 e. The van der Waals surface area contributed by atoms with Crippen molar-refractivity contribution < 1.29 is 4.74 Å². The molecule has 0 saturated heterocycles. The number of anilines is 1. The molecule has 0 saturated carbocycles. The molecule has 0 aromatic heterocycles. The number of rotatable bonds is 5. The zero-order chi connectivity index (χ0) is 14.5. The minimum absolute atomic E-state index is 0.142. The van der Waals surface area contributed by atoms with Crippen LogP contribution in [-0.4, -0.2) is 6.61 Å². The van der Waals surface area contributed by atoms with Crippen molar-refractivity contribution in [2.24, 2.45) is 0 Å². The first-order valence-corrected chi connectivity index (χ1v) is 7.72. The summed E-state index contributed by atoms with van der Waals surface area (Å²) in [5, 5.41) is 4.14. The van der Waals surface area contributed by atoms with Crippen LogP contribution in [0.2, 0.25) is 5.02 Å². The van der Waals surface area contributed by atoms with E-state index >= 15 is 0 Å². The van der Waals surface area contributed by atoms with Crippen molar-refractivity contribution in [1.29, 1.82) is 0 Å². The van der Waals surface area contributed by atoms with Crippen molar-refractivity contribution in [2.45, 2.75) is 19.9 Å². The summed E-state index contributed by atoms with van der Waals surface area (Å²) in [5.74, 6) is 0.816. The lowest BCUT2D eigenvalue weighted by molar-refractivity contribution is 0.341. The van der Waals surface area contributed by atoms with E-state index in [0.29, 0.717) is 11.6 Å². The van der Waals surface area contributed by atoms with Crippen molar-refractivity contribution >= 4 is 33.2 Å². The molecule has 20 heavy (non-hydrogen) atoms. The fraction of sp³-hybridized carbons (Fsp3) is 0.250. The predicted octanol–water partition coefficient (Wildman–Crippen LogP) is 5.67. The largest absolute Gasteiger partial charge is 0.492 e. The summed E-state index contributed by atoms with van der Waals surface area (Å²) >= 11 is 9.65. The lowest BCUT2D eigenvalue weighted by Gasteiger charge is -2.19. The predicted molar refractivity (Wildman–Crippen MR) is 88.8 cm³/mol. The number of hydrogen-bond acceptors (Lipinski definition) is 2. The lowest BCUT2D eigenvalue weighted by Crippen LogP contribution is -2.08. The molecule has 0 aliphatic heterocycles. The zero-order valence-electron chi connectivity index (χ0n) is 11.5. The van der Waals surface area contributed by atoms with E-state index in [1.807, 2.05) is 43.3 Å². The summed E-state index contributed by atoms with van der Waals surface area (Å²) in [7, 11) is 0. The highest BCUT2D eigenvalue weighted by atomic mass is 79.9. The van der Waals surface area contributed by atoms with Gasteiger partial charge in [0.05, 0.1) is 12.3 Å². The van der Waals surface area contributed by atoms with E-state index in [1.165, 1.54) is 5.56 Å². The van der Waals surface area contributed by atoms with Gasteiger partial charge in [0.2, 0.25) is 0 Å². The van der Waals surface area contributed by atoms with Gasteiger partial charge in [0, 0.05) is 15.5 Å². The lowest BCUT2D eigenvalue weighted by atomic mass is 10.1. The Balaban J connectivity index is 2.25. The first-order chi connectivity index (χ1) is 9.61. The molecule has 2 nitrogen and oxygen atoms in total. The molecule has 0 radical (unpaired) electrons. The van der Waals surface area contributed by atoms with Crippen molar-refractivity contribution in [2.75, 3.05) is 11.9 Å². The molecule has 2 aromatic rings. The maximum Gasteiger partial charge on any atom is 0.142 e. The van der Waals surface area contributed by atoms with Gasteiger partial charge in [0.15, 0.2) is 0 Å². The van der Waals surface area contributed by atoms with E-state index in [2.05, 4.69) is 34.2 Å². The van der Waals surface area contributed by atoms with Gasteiger partial charge in [-0.15, -0.1) is 0 Å². The summed E-state index contributed by atoms with van der Waals surface area (Å²) in [6.45, 7) is 4.70. The number of halogens is 2. The van der Waals surface area contributed by atoms with Gasteiger partial charge in [-0.2, -0.15) is 0 Å². The average molecular weight is 355 g/mol. The normalized spacial score (nSPS) is 12.0. The number of ether oxygens (including phenoxy) is 1. The Hall–Kier alpha value is -1.19. The van der Waals surface area contributed by atoms with E-state index in [1.54, 1.807) is 0 Å². The molecular weight excluding hydrogens is 338 g/mol. The van der Waals surface area contributed by atoms with Crippen LogP contribution >= 0.6 is 27.5 Å². The molecule has 0 fully saturated rings. The Morgan fingerprint density at radius 1 is 1.25 bits per heavy atom. The molecule has 0 spiro atoms. The van der Waals surface area contributed by atoms with Gasteiger partial charge in [-0.25, -0.2) is 0 Å². The molecular formula is C16H17BrClNO. The van der Waals surface area contributed by atoms with Gasteiger partial charge in [0.25, 0.3) is 0 Å². The highest BCUT2D eigenvalue weighted by Gasteiger charge is 2.12. The molecule has 2 rings (SSSR count). The van der Waals surface area contributed by atoms with E-state index in [-0.39, 0.29) is 6.04 Å². The second-order valence-corrected chi connectivity index (χ2v) is 5.75. The third-order valence-electron chi connectivity index (χ3n) is 2.99. The van der Waals surface area contributed by atoms with Gasteiger partial charge in [-0.1, -0.05) is 45.7 Å². The van der Waals surface area contributed by atoms with Crippen LogP contribution in [0.3, 0.4) is 0 Å². The second-order valence-electron chi connectivity index (χ2n) is 4.46. The van der Waals surface area contributed by atoms with Crippen molar-refractivity contribution in [3.05, 3.63) is 57.5 Å². The molecule has 0 aliphatic carbocycles. The highest BCUT2D eigenvalue weighted by molar-refractivity contribution is 9.10. The van der Waals surface area contributed by atoms with Crippen LogP contribution in [0, 0.1) is 0 Å². The number of nitrogens with one attached hydrogen (secondary N) is 1. The van der Waals surface area contributed by atoms with E-state index in [4.69, 9.17) is 16.3 Å². The molecule has 0 heterocycles. The van der Waals surface area contributed by atoms with Crippen LogP contribution in [0.25, 0.3) is 0 Å². The van der Waals surface area contributed by atoms with Crippen LogP contribution in [0.1, 0.15) is 25.5 Å². The van der Waals surface area contributed by atoms with Gasteiger partial charge in [0.1, 0.15) is 5.75 Å². The molecule has 0 aliphatic rings. The SMILES string of the molecule is CCOc1ccc(Cl)cc1NC(C)c1ccccc1Br. The Morgan fingerprint density at radius 2 is 2.00 bits per heavy atom. The minimum atomic E-state index is 0.142. The first-order valence-electron chi connectivity index (χ1n) is 6.55. The van der Waals surface area contributed by atoms with Gasteiger partial charge >= 0.3 is 0 Å². The first kappa shape index (κ1) is 15.2. The third-order valence-corrected chi connectivity index (χ3v) is 3.94. The second kappa shape index (κ2) is 7.00. The standard InChI is InChI=1S/C16H17BrClNO/c1-3-20-16-9-8-12(18)10-15(16)19-11(2)13-6-4-5-7-14(13)17/h4-11,19H,3H2,1-2H3. The monoisotopic (exact) mass is 353 g/mol. The Bertz CT molecular complexity index is 588. The van der Waals surface area contributed by atoms with Gasteiger partial charge < -0.3 is 10.1 Å². The van der Waals surface area contributed by atoms with Crippen LogP contribution in [-0.2, 0) is 0 Å². The van der Waals surface area contributed by atoms with Crippen molar-refractivity contribution in [3.8, 4) is 5.75 Å². The van der Waals surface area contributed by atoms with Crippen LogP contribution in [0.4, 0.5) is 5.69 Å². The molecule has 4 heteroatoms. The molecule has 1 atom stereocenters. The molecule has 106 valence electrons. The minimum Gasteiger partial charge on any atom is -0.492 e. The zero-order valence-corrected chi connectivity index (χ0v) is 13.8. The maximum atomic E-state index is 6.07. The van der Waals surface area contributed by atoms with Crippen LogP contribution in [0.15, 0.2) is 46.9 Å². The molecule has 0 bridgehead atoms. The fourth-order valence-corrected chi connectivity index (χ4v) is 2.83. The topological polar surface area (TPSA) is 21.3 Å². The van der Waals surface area contributed by atoms with Crippen LogP contribution < -0.4 is 10.1 Å². The summed E-state index contributed by atoms with van der Waals surface area (Å²) in [4.78, 5) is 0. The van der Waals surface area contributed by atoms with Crippen molar-refractivity contribution in [1.82, 2.24) is 0 Å². The molecule has 1 unspecified atom stereocenters. The average Bonchev–Trinajstić information content (AvgIpc) is 2.42. The van der Waals surface area contributed by atoms with Crippen molar-refractivity contribution in [3.63, 3.8) is 0 Å². The fourth-order valence-electron chi connectivity index (χ4n) is 2.03. The summed E-state index contributed by atoms with van der Waals surface area (Å²) in [6.07, 6.45) is 0. The molecule has 0 amide bonds. The molecule has 1 N–H and O–H groups in total. The Morgan fingerprint density at radius 3 is 2.70 bits per heavy atom. The third kappa shape index (κ3) is 3.68. The van der Waals surface area contributed by atoms with Gasteiger partial charge in [-0.3, -0.25) is 0 Å². The summed E-state index contributed by atoms with van der Waals surface area (Å²) in [5.41, 5.74) is 2.09. The maximum absolute atomic E-state index is 6.07. The summed E-state index contributed by atoms with van der Waals surface area (Å²) < 4.78 is 6.71. The van der Waals surface area contributed by atoms with E-state index in [9.17, 15) is 0 Å². The van der Waals surface area contributed by atoms with E-state index < -0.39 is 0 Å². The summed E-state index contributed by atoms with van der Waals surface area (Å²) in [6, 6.07) is 13.9. The number of benzene rings is 2.